The summed E-state index contributed by atoms with van der Waals surface area (Å²) in [4.78, 5) is 4.43. The molecule has 3 nitrogen and oxygen atoms in total. The first-order valence-electron chi connectivity index (χ1n) is 7.00. The Hall–Kier alpha value is -1.26. The summed E-state index contributed by atoms with van der Waals surface area (Å²) in [5.74, 6) is 2.18. The number of ether oxygens (including phenoxy) is 2. The van der Waals surface area contributed by atoms with Crippen molar-refractivity contribution in [3.8, 4) is 11.5 Å². The van der Waals surface area contributed by atoms with Gasteiger partial charge in [0.15, 0.2) is 11.5 Å². The Labute approximate surface area is 133 Å². The third-order valence-electron chi connectivity index (χ3n) is 3.36. The van der Waals surface area contributed by atoms with E-state index >= 15 is 0 Å². The molecule has 0 amide bonds. The second kappa shape index (κ2) is 5.85. The molecule has 0 spiro atoms. The van der Waals surface area contributed by atoms with Gasteiger partial charge in [-0.3, -0.25) is 0 Å². The molecule has 1 aromatic heterocycles. The molecule has 0 radical (unpaired) electrons. The predicted octanol–water partition coefficient (Wildman–Crippen LogP) is 4.22. The fraction of sp³-hybridized carbons (Fsp3) is 0.438. The molecular weight excluding hydrogens is 306 g/mol. The molecule has 21 heavy (non-hydrogen) atoms. The molecule has 0 atom stereocenters. The van der Waals surface area contributed by atoms with Crippen molar-refractivity contribution >= 4 is 22.9 Å². The van der Waals surface area contributed by atoms with Crippen molar-refractivity contribution in [2.24, 2.45) is 0 Å². The molecule has 0 fully saturated rings. The lowest BCUT2D eigenvalue weighted by Gasteiger charge is -2.18. The van der Waals surface area contributed by atoms with Gasteiger partial charge < -0.3 is 9.47 Å². The fourth-order valence-electron chi connectivity index (χ4n) is 2.47. The summed E-state index contributed by atoms with van der Waals surface area (Å²) in [6.07, 6.45) is 1.71. The molecule has 5 heteroatoms. The monoisotopic (exact) mass is 323 g/mol. The molecule has 1 aromatic carbocycles. The number of hydrogen-bond donors (Lipinski definition) is 0. The van der Waals surface area contributed by atoms with E-state index in [0.29, 0.717) is 12.5 Å². The first-order chi connectivity index (χ1) is 10.1. The molecule has 0 saturated carbocycles. The van der Waals surface area contributed by atoms with E-state index in [1.54, 1.807) is 11.3 Å². The largest absolute Gasteiger partial charge is 0.489 e. The summed E-state index contributed by atoms with van der Waals surface area (Å²) in [7, 11) is 0. The number of para-hydroxylation sites is 1. The van der Waals surface area contributed by atoms with E-state index in [-0.39, 0.29) is 5.60 Å². The van der Waals surface area contributed by atoms with E-state index in [1.807, 2.05) is 17.5 Å². The molecule has 0 aliphatic carbocycles. The summed E-state index contributed by atoms with van der Waals surface area (Å²) >= 11 is 7.38. The highest BCUT2D eigenvalue weighted by Gasteiger charge is 2.32. The zero-order valence-electron chi connectivity index (χ0n) is 12.2. The average Bonchev–Trinajstić information content (AvgIpc) is 3.01. The second-order valence-electron chi connectivity index (χ2n) is 5.75. The van der Waals surface area contributed by atoms with E-state index in [2.05, 4.69) is 24.9 Å². The predicted molar refractivity (Wildman–Crippen MR) is 85.7 cm³/mol. The van der Waals surface area contributed by atoms with Crippen molar-refractivity contribution in [3.05, 3.63) is 39.8 Å². The first-order valence-corrected chi connectivity index (χ1v) is 8.42. The van der Waals surface area contributed by atoms with E-state index in [9.17, 15) is 0 Å². The summed E-state index contributed by atoms with van der Waals surface area (Å²) < 4.78 is 11.9. The zero-order valence-corrected chi connectivity index (χ0v) is 13.8. The fourth-order valence-corrected chi connectivity index (χ4v) is 3.48. The maximum Gasteiger partial charge on any atom is 0.165 e. The normalized spacial score (nSPS) is 15.6. The van der Waals surface area contributed by atoms with Gasteiger partial charge in [0, 0.05) is 23.8 Å². The van der Waals surface area contributed by atoms with Crippen molar-refractivity contribution < 1.29 is 9.47 Å². The summed E-state index contributed by atoms with van der Waals surface area (Å²) in [6, 6.07) is 6.09. The number of rotatable bonds is 5. The van der Waals surface area contributed by atoms with Crippen LogP contribution in [-0.4, -0.2) is 17.2 Å². The van der Waals surface area contributed by atoms with Crippen LogP contribution in [0, 0.1) is 0 Å². The van der Waals surface area contributed by atoms with Gasteiger partial charge in [0.25, 0.3) is 0 Å². The van der Waals surface area contributed by atoms with Crippen LogP contribution in [0.2, 0.25) is 0 Å². The SMILES string of the molecule is CC1(C)Cc2cccc(OCCc3nc(CCl)cs3)c2O1. The Morgan fingerprint density at radius 1 is 1.43 bits per heavy atom. The van der Waals surface area contributed by atoms with Crippen LogP contribution >= 0.6 is 22.9 Å². The molecule has 112 valence electrons. The molecule has 1 aliphatic heterocycles. The van der Waals surface area contributed by atoms with Gasteiger partial charge >= 0.3 is 0 Å². The van der Waals surface area contributed by atoms with E-state index in [4.69, 9.17) is 21.1 Å². The lowest BCUT2D eigenvalue weighted by Crippen LogP contribution is -2.24. The van der Waals surface area contributed by atoms with Gasteiger partial charge in [-0.05, 0) is 19.9 Å². The van der Waals surface area contributed by atoms with Gasteiger partial charge in [-0.25, -0.2) is 4.98 Å². The molecule has 2 heterocycles. The van der Waals surface area contributed by atoms with Crippen LogP contribution in [0.15, 0.2) is 23.6 Å². The van der Waals surface area contributed by atoms with Crippen LogP contribution in [-0.2, 0) is 18.7 Å². The van der Waals surface area contributed by atoms with Gasteiger partial charge in [-0.1, -0.05) is 12.1 Å². The Morgan fingerprint density at radius 3 is 3.05 bits per heavy atom. The number of alkyl halides is 1. The molecule has 2 aromatic rings. The molecule has 3 rings (SSSR count). The highest BCUT2D eigenvalue weighted by molar-refractivity contribution is 7.09. The molecule has 1 aliphatic rings. The van der Waals surface area contributed by atoms with Gasteiger partial charge in [0.1, 0.15) is 5.60 Å². The Morgan fingerprint density at radius 2 is 2.29 bits per heavy atom. The molecule has 0 bridgehead atoms. The number of halogens is 1. The summed E-state index contributed by atoms with van der Waals surface area (Å²) in [5, 5.41) is 3.05. The number of aromatic nitrogens is 1. The summed E-state index contributed by atoms with van der Waals surface area (Å²) in [5.41, 5.74) is 2.00. The Bertz CT molecular complexity index is 639. The number of hydrogen-bond acceptors (Lipinski definition) is 4. The molecule has 0 N–H and O–H groups in total. The van der Waals surface area contributed by atoms with Crippen LogP contribution in [0.4, 0.5) is 0 Å². The van der Waals surface area contributed by atoms with Crippen molar-refractivity contribution in [3.63, 3.8) is 0 Å². The van der Waals surface area contributed by atoms with Gasteiger partial charge in [-0.15, -0.1) is 22.9 Å². The zero-order chi connectivity index (χ0) is 14.9. The van der Waals surface area contributed by atoms with Crippen LogP contribution < -0.4 is 9.47 Å². The van der Waals surface area contributed by atoms with Crippen molar-refractivity contribution in [1.29, 1.82) is 0 Å². The van der Waals surface area contributed by atoms with Crippen LogP contribution in [0.1, 0.15) is 30.1 Å². The number of benzene rings is 1. The highest BCUT2D eigenvalue weighted by Crippen LogP contribution is 2.41. The minimum absolute atomic E-state index is 0.146. The highest BCUT2D eigenvalue weighted by atomic mass is 35.5. The standard InChI is InChI=1S/C16H18ClNO2S/c1-16(2)8-11-4-3-5-13(15(11)20-16)19-7-6-14-18-12(9-17)10-21-14/h3-5,10H,6-9H2,1-2H3. The Balaban J connectivity index is 1.63. The van der Waals surface area contributed by atoms with Crippen LogP contribution in [0.5, 0.6) is 11.5 Å². The van der Waals surface area contributed by atoms with E-state index in [0.717, 1.165) is 35.0 Å². The minimum Gasteiger partial charge on any atom is -0.489 e. The van der Waals surface area contributed by atoms with Crippen molar-refractivity contribution in [2.45, 2.75) is 38.2 Å². The second-order valence-corrected chi connectivity index (χ2v) is 6.96. The molecule has 0 unspecified atom stereocenters. The maximum absolute atomic E-state index is 5.99. The van der Waals surface area contributed by atoms with Gasteiger partial charge in [0.2, 0.25) is 0 Å². The summed E-state index contributed by atoms with van der Waals surface area (Å²) in [6.45, 7) is 4.79. The Kier molecular flexibility index (Phi) is 4.09. The third-order valence-corrected chi connectivity index (χ3v) is 4.60. The quantitative estimate of drug-likeness (QED) is 0.772. The van der Waals surface area contributed by atoms with Crippen molar-refractivity contribution in [1.82, 2.24) is 4.98 Å². The smallest absolute Gasteiger partial charge is 0.165 e. The van der Waals surface area contributed by atoms with Gasteiger partial charge in [0.05, 0.1) is 23.2 Å². The first kappa shape index (κ1) is 14.7. The number of nitrogens with zero attached hydrogens (tertiary/aromatic N) is 1. The van der Waals surface area contributed by atoms with Crippen molar-refractivity contribution in [2.75, 3.05) is 6.61 Å². The van der Waals surface area contributed by atoms with E-state index in [1.165, 1.54) is 5.56 Å². The van der Waals surface area contributed by atoms with Crippen LogP contribution in [0.25, 0.3) is 0 Å². The molecule has 0 saturated heterocycles. The lowest BCUT2D eigenvalue weighted by atomic mass is 10.0. The number of fused-ring (bicyclic) bond motifs is 1. The van der Waals surface area contributed by atoms with E-state index < -0.39 is 0 Å². The molecular formula is C16H18ClNO2S. The minimum atomic E-state index is -0.146. The topological polar surface area (TPSA) is 31.4 Å². The van der Waals surface area contributed by atoms with Gasteiger partial charge in [-0.2, -0.15) is 0 Å². The number of thiazole rings is 1. The average molecular weight is 324 g/mol. The lowest BCUT2D eigenvalue weighted by molar-refractivity contribution is 0.132. The maximum atomic E-state index is 5.99. The third kappa shape index (κ3) is 3.33. The van der Waals surface area contributed by atoms with Crippen LogP contribution in [0.3, 0.4) is 0 Å².